The Bertz CT molecular complexity index is 1200. The number of halogens is 1. The van der Waals surface area contributed by atoms with Gasteiger partial charge in [0.25, 0.3) is 5.91 Å². The topological polar surface area (TPSA) is 73.6 Å². The first-order valence-electron chi connectivity index (χ1n) is 8.78. The van der Waals surface area contributed by atoms with E-state index >= 15 is 0 Å². The molecule has 0 aliphatic carbocycles. The monoisotopic (exact) mass is 408 g/mol. The number of carbonyl (C=O) groups is 1. The fourth-order valence-corrected chi connectivity index (χ4v) is 3.13. The molecular weight excluding hydrogens is 392 g/mol. The van der Waals surface area contributed by atoms with Crippen LogP contribution in [0.2, 0.25) is 5.02 Å². The quantitative estimate of drug-likeness (QED) is 0.477. The zero-order valence-electron chi connectivity index (χ0n) is 15.7. The molecule has 0 fully saturated rings. The van der Waals surface area contributed by atoms with Crippen LogP contribution >= 0.6 is 11.6 Å². The fourth-order valence-electron chi connectivity index (χ4n) is 2.97. The lowest BCUT2D eigenvalue weighted by atomic mass is 10.1. The van der Waals surface area contributed by atoms with E-state index in [-0.39, 0.29) is 5.91 Å². The van der Waals surface area contributed by atoms with Gasteiger partial charge in [0.05, 0.1) is 25.5 Å². The van der Waals surface area contributed by atoms with Crippen molar-refractivity contribution in [3.05, 3.63) is 71.2 Å². The van der Waals surface area contributed by atoms with Crippen LogP contribution in [0.4, 0.5) is 5.69 Å². The molecule has 1 N–H and O–H groups in total. The lowest BCUT2D eigenvalue weighted by molar-refractivity contribution is 0.102. The molecule has 0 saturated carbocycles. The van der Waals surface area contributed by atoms with Crippen LogP contribution in [-0.4, -0.2) is 25.1 Å². The van der Waals surface area contributed by atoms with E-state index in [1.165, 1.54) is 7.11 Å². The van der Waals surface area contributed by atoms with Crippen molar-refractivity contribution in [2.24, 2.45) is 0 Å². The molecule has 6 nitrogen and oxygen atoms in total. The Morgan fingerprint density at radius 2 is 1.79 bits per heavy atom. The molecule has 0 atom stereocenters. The van der Waals surface area contributed by atoms with Crippen molar-refractivity contribution in [1.29, 1.82) is 0 Å². The molecule has 146 valence electrons. The molecule has 3 aromatic carbocycles. The SMILES string of the molecule is COc1ccc(C(=O)Nc2ccccc2-c2nc3cc(Cl)ccc3o2)cc1OC. The summed E-state index contributed by atoms with van der Waals surface area (Å²) in [6, 6.07) is 17.5. The zero-order valence-corrected chi connectivity index (χ0v) is 16.5. The van der Waals surface area contributed by atoms with Gasteiger partial charge in [-0.3, -0.25) is 4.79 Å². The Labute approximate surface area is 172 Å². The molecule has 4 aromatic rings. The van der Waals surface area contributed by atoms with Gasteiger partial charge in [-0.1, -0.05) is 23.7 Å². The van der Waals surface area contributed by atoms with E-state index in [2.05, 4.69) is 10.3 Å². The van der Waals surface area contributed by atoms with Crippen LogP contribution in [-0.2, 0) is 0 Å². The van der Waals surface area contributed by atoms with Gasteiger partial charge in [-0.15, -0.1) is 0 Å². The molecule has 29 heavy (non-hydrogen) atoms. The van der Waals surface area contributed by atoms with Crippen molar-refractivity contribution >= 4 is 34.3 Å². The zero-order chi connectivity index (χ0) is 20.4. The average molecular weight is 409 g/mol. The molecule has 1 aromatic heterocycles. The van der Waals surface area contributed by atoms with Crippen LogP contribution in [0.5, 0.6) is 11.5 Å². The second kappa shape index (κ2) is 7.85. The Kier molecular flexibility index (Phi) is 5.10. The van der Waals surface area contributed by atoms with Gasteiger partial charge in [0, 0.05) is 10.6 Å². The third-order valence-electron chi connectivity index (χ3n) is 4.40. The predicted octanol–water partition coefficient (Wildman–Crippen LogP) is 5.42. The number of hydrogen-bond donors (Lipinski definition) is 1. The lowest BCUT2D eigenvalue weighted by Crippen LogP contribution is -2.13. The van der Waals surface area contributed by atoms with E-state index in [1.54, 1.807) is 49.6 Å². The Hall–Kier alpha value is -3.51. The largest absolute Gasteiger partial charge is 0.493 e. The molecule has 0 spiro atoms. The third kappa shape index (κ3) is 3.75. The minimum absolute atomic E-state index is 0.294. The highest BCUT2D eigenvalue weighted by molar-refractivity contribution is 6.31. The van der Waals surface area contributed by atoms with Gasteiger partial charge in [0.15, 0.2) is 17.1 Å². The summed E-state index contributed by atoms with van der Waals surface area (Å²) in [6.45, 7) is 0. The van der Waals surface area contributed by atoms with Crippen molar-refractivity contribution in [2.75, 3.05) is 19.5 Å². The molecule has 1 amide bonds. The highest BCUT2D eigenvalue weighted by Crippen LogP contribution is 2.32. The number of rotatable bonds is 5. The normalized spacial score (nSPS) is 10.7. The van der Waals surface area contributed by atoms with Crippen LogP contribution in [0, 0.1) is 0 Å². The van der Waals surface area contributed by atoms with E-state index in [1.807, 2.05) is 18.2 Å². The number of oxazole rings is 1. The summed E-state index contributed by atoms with van der Waals surface area (Å²) >= 11 is 6.03. The van der Waals surface area contributed by atoms with Crippen LogP contribution in [0.15, 0.2) is 65.1 Å². The number of hydrogen-bond acceptors (Lipinski definition) is 5. The van der Waals surface area contributed by atoms with Crippen molar-refractivity contribution in [1.82, 2.24) is 4.98 Å². The number of benzene rings is 3. The number of methoxy groups -OCH3 is 2. The van der Waals surface area contributed by atoms with Crippen molar-refractivity contribution in [3.8, 4) is 23.0 Å². The second-order valence-corrected chi connectivity index (χ2v) is 6.64. The Morgan fingerprint density at radius 3 is 2.59 bits per heavy atom. The fraction of sp³-hybridized carbons (Fsp3) is 0.0909. The van der Waals surface area contributed by atoms with E-state index in [4.69, 9.17) is 25.5 Å². The number of para-hydroxylation sites is 1. The van der Waals surface area contributed by atoms with Crippen molar-refractivity contribution in [3.63, 3.8) is 0 Å². The van der Waals surface area contributed by atoms with Gasteiger partial charge in [0.1, 0.15) is 5.52 Å². The number of amides is 1. The molecule has 4 rings (SSSR count). The summed E-state index contributed by atoms with van der Waals surface area (Å²) in [7, 11) is 3.07. The summed E-state index contributed by atoms with van der Waals surface area (Å²) in [5.41, 5.74) is 2.93. The molecule has 7 heteroatoms. The average Bonchev–Trinajstić information content (AvgIpc) is 3.16. The Morgan fingerprint density at radius 1 is 1.00 bits per heavy atom. The minimum Gasteiger partial charge on any atom is -0.493 e. The molecule has 0 radical (unpaired) electrons. The van der Waals surface area contributed by atoms with Gasteiger partial charge in [-0.25, -0.2) is 4.98 Å². The molecular formula is C22H17ClN2O4. The number of nitrogens with one attached hydrogen (secondary N) is 1. The van der Waals surface area contributed by atoms with Crippen LogP contribution in [0.1, 0.15) is 10.4 Å². The van der Waals surface area contributed by atoms with E-state index < -0.39 is 0 Å². The van der Waals surface area contributed by atoms with Crippen molar-refractivity contribution < 1.29 is 18.7 Å². The van der Waals surface area contributed by atoms with Gasteiger partial charge in [-0.05, 0) is 48.5 Å². The first-order chi connectivity index (χ1) is 14.1. The predicted molar refractivity (Wildman–Crippen MR) is 112 cm³/mol. The van der Waals surface area contributed by atoms with Crippen LogP contribution < -0.4 is 14.8 Å². The molecule has 0 unspecified atom stereocenters. The molecule has 0 bridgehead atoms. The first-order valence-corrected chi connectivity index (χ1v) is 9.15. The molecule has 1 heterocycles. The highest BCUT2D eigenvalue weighted by atomic mass is 35.5. The highest BCUT2D eigenvalue weighted by Gasteiger charge is 2.16. The maximum absolute atomic E-state index is 12.8. The third-order valence-corrected chi connectivity index (χ3v) is 4.64. The first kappa shape index (κ1) is 18.8. The summed E-state index contributed by atoms with van der Waals surface area (Å²) in [5.74, 6) is 1.13. The summed E-state index contributed by atoms with van der Waals surface area (Å²) in [4.78, 5) is 17.3. The lowest BCUT2D eigenvalue weighted by Gasteiger charge is -2.11. The smallest absolute Gasteiger partial charge is 0.255 e. The standard InChI is InChI=1S/C22H17ClN2O4/c1-27-19-9-7-13(11-20(19)28-2)21(26)24-16-6-4-3-5-15(16)22-25-17-12-14(23)8-10-18(17)29-22/h3-12H,1-2H3,(H,24,26). The summed E-state index contributed by atoms with van der Waals surface area (Å²) < 4.78 is 16.3. The molecule has 0 saturated heterocycles. The number of fused-ring (bicyclic) bond motifs is 1. The van der Waals surface area contributed by atoms with Gasteiger partial charge in [0.2, 0.25) is 5.89 Å². The van der Waals surface area contributed by atoms with Crippen molar-refractivity contribution in [2.45, 2.75) is 0 Å². The maximum Gasteiger partial charge on any atom is 0.255 e. The number of aromatic nitrogens is 1. The van der Waals surface area contributed by atoms with E-state index in [0.717, 1.165) is 0 Å². The van der Waals surface area contributed by atoms with E-state index in [9.17, 15) is 4.79 Å². The van der Waals surface area contributed by atoms with Gasteiger partial charge in [-0.2, -0.15) is 0 Å². The molecule has 0 aliphatic heterocycles. The van der Waals surface area contributed by atoms with Crippen LogP contribution in [0.3, 0.4) is 0 Å². The summed E-state index contributed by atoms with van der Waals surface area (Å²) in [6.07, 6.45) is 0. The Balaban J connectivity index is 1.67. The maximum atomic E-state index is 12.8. The number of ether oxygens (including phenoxy) is 2. The van der Waals surface area contributed by atoms with Gasteiger partial charge < -0.3 is 19.2 Å². The van der Waals surface area contributed by atoms with Crippen LogP contribution in [0.25, 0.3) is 22.6 Å². The van der Waals surface area contributed by atoms with Gasteiger partial charge >= 0.3 is 0 Å². The second-order valence-electron chi connectivity index (χ2n) is 6.20. The summed E-state index contributed by atoms with van der Waals surface area (Å²) in [5, 5.41) is 3.48. The number of carbonyl (C=O) groups excluding carboxylic acids is 1. The molecule has 0 aliphatic rings. The number of anilines is 1. The number of nitrogens with zero attached hydrogens (tertiary/aromatic N) is 1. The van der Waals surface area contributed by atoms with E-state index in [0.29, 0.717) is 50.3 Å². The minimum atomic E-state index is -0.294.